The van der Waals surface area contributed by atoms with Gasteiger partial charge in [0.15, 0.2) is 0 Å². The molecule has 1 fully saturated rings. The number of anilines is 1. The molecule has 0 saturated carbocycles. The van der Waals surface area contributed by atoms with Crippen LogP contribution in [0.15, 0.2) is 12.3 Å². The summed E-state index contributed by atoms with van der Waals surface area (Å²) >= 11 is 0. The van der Waals surface area contributed by atoms with Gasteiger partial charge in [0, 0.05) is 25.9 Å². The molecule has 0 unspecified atom stereocenters. The van der Waals surface area contributed by atoms with Crippen molar-refractivity contribution in [2.24, 2.45) is 0 Å². The van der Waals surface area contributed by atoms with Crippen molar-refractivity contribution in [3.63, 3.8) is 0 Å². The second kappa shape index (κ2) is 5.30. The van der Waals surface area contributed by atoms with Gasteiger partial charge in [0.2, 0.25) is 0 Å². The molecule has 1 aromatic rings. The molecular formula is C13H20N2O. The van der Waals surface area contributed by atoms with Crippen LogP contribution in [0.1, 0.15) is 30.4 Å². The number of hydrogen-bond acceptors (Lipinski definition) is 3. The third-order valence-electron chi connectivity index (χ3n) is 3.27. The molecule has 3 nitrogen and oxygen atoms in total. The SMILES string of the molecule is Cc1cc(N2CCCCC2)ncc1CCO. The van der Waals surface area contributed by atoms with E-state index >= 15 is 0 Å². The van der Waals surface area contributed by atoms with Crippen molar-refractivity contribution in [3.05, 3.63) is 23.4 Å². The molecule has 2 rings (SSSR count). The lowest BCUT2D eigenvalue weighted by Gasteiger charge is -2.28. The van der Waals surface area contributed by atoms with E-state index < -0.39 is 0 Å². The van der Waals surface area contributed by atoms with Crippen molar-refractivity contribution in [1.82, 2.24) is 4.98 Å². The maximum Gasteiger partial charge on any atom is 0.128 e. The summed E-state index contributed by atoms with van der Waals surface area (Å²) in [4.78, 5) is 6.86. The molecule has 0 atom stereocenters. The highest BCUT2D eigenvalue weighted by atomic mass is 16.2. The number of aliphatic hydroxyl groups is 1. The predicted octanol–water partition coefficient (Wildman–Crippen LogP) is 1.92. The summed E-state index contributed by atoms with van der Waals surface area (Å²) < 4.78 is 0. The van der Waals surface area contributed by atoms with Gasteiger partial charge < -0.3 is 10.0 Å². The van der Waals surface area contributed by atoms with E-state index in [1.54, 1.807) is 0 Å². The van der Waals surface area contributed by atoms with Crippen molar-refractivity contribution in [1.29, 1.82) is 0 Å². The predicted molar refractivity (Wildman–Crippen MR) is 65.8 cm³/mol. The van der Waals surface area contributed by atoms with E-state index in [4.69, 9.17) is 5.11 Å². The Labute approximate surface area is 97.1 Å². The molecule has 3 heteroatoms. The zero-order chi connectivity index (χ0) is 11.4. The van der Waals surface area contributed by atoms with Gasteiger partial charge >= 0.3 is 0 Å². The molecule has 1 aromatic heterocycles. The zero-order valence-electron chi connectivity index (χ0n) is 9.95. The second-order valence-electron chi connectivity index (χ2n) is 4.49. The highest BCUT2D eigenvalue weighted by Gasteiger charge is 2.12. The highest BCUT2D eigenvalue weighted by Crippen LogP contribution is 2.20. The molecule has 0 aliphatic carbocycles. The molecule has 0 bridgehead atoms. The standard InChI is InChI=1S/C13H20N2O/c1-11-9-13(14-10-12(11)5-8-16)15-6-3-2-4-7-15/h9-10,16H,2-8H2,1H3. The van der Waals surface area contributed by atoms with Crippen LogP contribution in [-0.4, -0.2) is 29.8 Å². The summed E-state index contributed by atoms with van der Waals surface area (Å²) in [5.74, 6) is 1.10. The van der Waals surface area contributed by atoms with Crippen molar-refractivity contribution in [2.45, 2.75) is 32.6 Å². The Hall–Kier alpha value is -1.09. The van der Waals surface area contributed by atoms with Crippen LogP contribution in [0, 0.1) is 6.92 Å². The molecule has 0 spiro atoms. The van der Waals surface area contributed by atoms with E-state index in [1.165, 1.54) is 24.8 Å². The topological polar surface area (TPSA) is 36.4 Å². The lowest BCUT2D eigenvalue weighted by atomic mass is 10.1. The summed E-state index contributed by atoms with van der Waals surface area (Å²) in [6.45, 7) is 4.56. The van der Waals surface area contributed by atoms with E-state index in [0.717, 1.165) is 24.5 Å². The fourth-order valence-corrected chi connectivity index (χ4v) is 2.25. The van der Waals surface area contributed by atoms with E-state index in [2.05, 4.69) is 22.9 Å². The van der Waals surface area contributed by atoms with Crippen molar-refractivity contribution in [2.75, 3.05) is 24.6 Å². The average Bonchev–Trinajstić information content (AvgIpc) is 2.33. The smallest absolute Gasteiger partial charge is 0.128 e. The fraction of sp³-hybridized carbons (Fsp3) is 0.615. The monoisotopic (exact) mass is 220 g/mol. The number of nitrogens with zero attached hydrogens (tertiary/aromatic N) is 2. The third kappa shape index (κ3) is 2.53. The number of aliphatic hydroxyl groups excluding tert-OH is 1. The van der Waals surface area contributed by atoms with Crippen LogP contribution in [0.3, 0.4) is 0 Å². The maximum absolute atomic E-state index is 8.92. The molecule has 16 heavy (non-hydrogen) atoms. The molecule has 1 saturated heterocycles. The normalized spacial score (nSPS) is 16.5. The Kier molecular flexibility index (Phi) is 3.78. The van der Waals surface area contributed by atoms with Crippen LogP contribution in [0.4, 0.5) is 5.82 Å². The van der Waals surface area contributed by atoms with Gasteiger partial charge in [0.05, 0.1) is 0 Å². The molecule has 1 aliphatic rings. The van der Waals surface area contributed by atoms with Crippen LogP contribution in [0.25, 0.3) is 0 Å². The van der Waals surface area contributed by atoms with Crippen molar-refractivity contribution in [3.8, 4) is 0 Å². The molecule has 2 heterocycles. The molecule has 1 aliphatic heterocycles. The Morgan fingerprint density at radius 3 is 2.69 bits per heavy atom. The minimum Gasteiger partial charge on any atom is -0.396 e. The van der Waals surface area contributed by atoms with Crippen LogP contribution in [0.2, 0.25) is 0 Å². The summed E-state index contributed by atoms with van der Waals surface area (Å²) in [6, 6.07) is 2.15. The first-order chi connectivity index (χ1) is 7.81. The number of piperidine rings is 1. The number of aryl methyl sites for hydroxylation is 1. The van der Waals surface area contributed by atoms with Gasteiger partial charge in [-0.3, -0.25) is 0 Å². The molecule has 1 N–H and O–H groups in total. The van der Waals surface area contributed by atoms with E-state index in [-0.39, 0.29) is 6.61 Å². The fourth-order valence-electron chi connectivity index (χ4n) is 2.25. The molecule has 0 aromatic carbocycles. The summed E-state index contributed by atoms with van der Waals surface area (Å²) in [5, 5.41) is 8.92. The number of hydrogen-bond donors (Lipinski definition) is 1. The minimum absolute atomic E-state index is 0.200. The Balaban J connectivity index is 2.13. The molecular weight excluding hydrogens is 200 g/mol. The first kappa shape index (κ1) is 11.4. The largest absolute Gasteiger partial charge is 0.396 e. The van der Waals surface area contributed by atoms with Gasteiger partial charge in [-0.2, -0.15) is 0 Å². The lowest BCUT2D eigenvalue weighted by molar-refractivity contribution is 0.299. The minimum atomic E-state index is 0.200. The quantitative estimate of drug-likeness (QED) is 0.845. The van der Waals surface area contributed by atoms with Gasteiger partial charge in [0.1, 0.15) is 5.82 Å². The molecule has 0 radical (unpaired) electrons. The molecule has 0 amide bonds. The van der Waals surface area contributed by atoms with Gasteiger partial charge in [-0.15, -0.1) is 0 Å². The van der Waals surface area contributed by atoms with Crippen molar-refractivity contribution >= 4 is 5.82 Å². The second-order valence-corrected chi connectivity index (χ2v) is 4.49. The lowest BCUT2D eigenvalue weighted by Crippen LogP contribution is -2.30. The maximum atomic E-state index is 8.92. The molecule has 88 valence electrons. The van der Waals surface area contributed by atoms with Gasteiger partial charge in [-0.05, 0) is 49.8 Å². The Bertz CT molecular complexity index is 346. The van der Waals surface area contributed by atoms with E-state index in [9.17, 15) is 0 Å². The number of aromatic nitrogens is 1. The van der Waals surface area contributed by atoms with Crippen LogP contribution >= 0.6 is 0 Å². The third-order valence-corrected chi connectivity index (χ3v) is 3.27. The number of rotatable bonds is 3. The van der Waals surface area contributed by atoms with E-state index in [1.807, 2.05) is 6.20 Å². The van der Waals surface area contributed by atoms with E-state index in [0.29, 0.717) is 6.42 Å². The Morgan fingerprint density at radius 2 is 2.06 bits per heavy atom. The first-order valence-corrected chi connectivity index (χ1v) is 6.12. The van der Waals surface area contributed by atoms with Crippen molar-refractivity contribution < 1.29 is 5.11 Å². The van der Waals surface area contributed by atoms with Crippen LogP contribution < -0.4 is 4.90 Å². The zero-order valence-corrected chi connectivity index (χ0v) is 9.95. The van der Waals surface area contributed by atoms with Crippen LogP contribution in [0.5, 0.6) is 0 Å². The summed E-state index contributed by atoms with van der Waals surface area (Å²) in [5.41, 5.74) is 2.40. The number of pyridine rings is 1. The highest BCUT2D eigenvalue weighted by molar-refractivity contribution is 5.43. The van der Waals surface area contributed by atoms with Gasteiger partial charge in [-0.1, -0.05) is 0 Å². The summed E-state index contributed by atoms with van der Waals surface area (Å²) in [6.07, 6.45) is 6.52. The Morgan fingerprint density at radius 1 is 1.31 bits per heavy atom. The average molecular weight is 220 g/mol. The van der Waals surface area contributed by atoms with Gasteiger partial charge in [0.25, 0.3) is 0 Å². The first-order valence-electron chi connectivity index (χ1n) is 6.12. The summed E-state index contributed by atoms with van der Waals surface area (Å²) in [7, 11) is 0. The van der Waals surface area contributed by atoms with Crippen LogP contribution in [-0.2, 0) is 6.42 Å². The van der Waals surface area contributed by atoms with Gasteiger partial charge in [-0.25, -0.2) is 4.98 Å².